The van der Waals surface area contributed by atoms with Gasteiger partial charge in [-0.25, -0.2) is 18.0 Å². The summed E-state index contributed by atoms with van der Waals surface area (Å²) in [6.07, 6.45) is 0. The summed E-state index contributed by atoms with van der Waals surface area (Å²) < 4.78 is 43.6. The highest BCUT2D eigenvalue weighted by Crippen LogP contribution is 2.40. The monoisotopic (exact) mass is 444 g/mol. The number of benzene rings is 2. The maximum Gasteiger partial charge on any atom is 0.343 e. The molecular weight excluding hydrogens is 428 g/mol. The molecule has 0 unspecified atom stereocenters. The fourth-order valence-electron chi connectivity index (χ4n) is 3.10. The molecule has 0 radical (unpaired) electrons. The van der Waals surface area contributed by atoms with Crippen LogP contribution in [0.3, 0.4) is 0 Å². The van der Waals surface area contributed by atoms with Crippen molar-refractivity contribution in [1.82, 2.24) is 0 Å². The van der Waals surface area contributed by atoms with Gasteiger partial charge in [0.25, 0.3) is 10.0 Å². The van der Waals surface area contributed by atoms with Crippen LogP contribution in [-0.4, -0.2) is 46.3 Å². The topological polar surface area (TPSA) is 152 Å². The number of sulfonamides is 1. The number of fused-ring (bicyclic) bond motifs is 1. The lowest BCUT2D eigenvalue weighted by molar-refractivity contribution is 0.0537. The van der Waals surface area contributed by atoms with Crippen LogP contribution < -0.4 is 14.2 Å². The molecule has 3 rings (SSSR count). The number of ether oxygens (including phenoxy) is 3. The van der Waals surface area contributed by atoms with Gasteiger partial charge in [-0.3, -0.25) is 4.72 Å². The summed E-state index contributed by atoms with van der Waals surface area (Å²) in [5.41, 5.74) is -0.559. The van der Waals surface area contributed by atoms with Gasteiger partial charge in [-0.05, 0) is 24.3 Å². The Morgan fingerprint density at radius 2 is 1.90 bits per heavy atom. The predicted octanol–water partition coefficient (Wildman–Crippen LogP) is 2.25. The molecule has 31 heavy (non-hydrogen) atoms. The van der Waals surface area contributed by atoms with E-state index in [1.54, 1.807) is 6.07 Å². The molecule has 0 saturated carbocycles. The number of hydrogen-bond acceptors (Lipinski definition) is 8. The van der Waals surface area contributed by atoms with Gasteiger partial charge in [-0.2, -0.15) is 5.26 Å². The smallest absolute Gasteiger partial charge is 0.343 e. The Bertz CT molecular complexity index is 1260. The number of nitrogens with zero attached hydrogens (tertiary/aromatic N) is 1. The Morgan fingerprint density at radius 1 is 1.19 bits per heavy atom. The normalized spacial score (nSPS) is 14.5. The maximum atomic E-state index is 13.0. The third-order valence-electron chi connectivity index (χ3n) is 4.47. The van der Waals surface area contributed by atoms with E-state index in [4.69, 9.17) is 14.2 Å². The fourth-order valence-corrected chi connectivity index (χ4v) is 4.28. The molecule has 0 atom stereocenters. The van der Waals surface area contributed by atoms with Crippen molar-refractivity contribution in [2.45, 2.75) is 0 Å². The lowest BCUT2D eigenvalue weighted by Gasteiger charge is -2.23. The van der Waals surface area contributed by atoms with Crippen molar-refractivity contribution >= 4 is 33.2 Å². The van der Waals surface area contributed by atoms with Crippen molar-refractivity contribution in [1.29, 1.82) is 5.26 Å². The standard InChI is InChI=1S/C20H16N2O8S/c1-28-15-8-7-11-13(10-30-20(25)17(11)18(15)29-2)16(9-21)31(26,27)22-14-6-4-3-5-12(14)19(23)24/h3-8,22H,10H2,1-2H3,(H,23,24)/b16-13+. The van der Waals surface area contributed by atoms with Crippen LogP contribution in [0.25, 0.3) is 5.57 Å². The van der Waals surface area contributed by atoms with E-state index >= 15 is 0 Å². The van der Waals surface area contributed by atoms with Crippen LogP contribution in [0.1, 0.15) is 26.3 Å². The van der Waals surface area contributed by atoms with E-state index in [0.29, 0.717) is 0 Å². The van der Waals surface area contributed by atoms with Gasteiger partial charge in [-0.15, -0.1) is 0 Å². The van der Waals surface area contributed by atoms with Gasteiger partial charge in [0.1, 0.15) is 18.2 Å². The average molecular weight is 444 g/mol. The highest BCUT2D eigenvalue weighted by molar-refractivity contribution is 7.97. The predicted molar refractivity (Wildman–Crippen MR) is 108 cm³/mol. The van der Waals surface area contributed by atoms with Crippen LogP contribution in [0, 0.1) is 11.3 Å². The minimum atomic E-state index is -4.53. The average Bonchev–Trinajstić information content (AvgIpc) is 2.74. The fraction of sp³-hybridized carbons (Fsp3) is 0.150. The van der Waals surface area contributed by atoms with Crippen LogP contribution in [0.5, 0.6) is 11.5 Å². The van der Waals surface area contributed by atoms with E-state index in [1.807, 2.05) is 0 Å². The van der Waals surface area contributed by atoms with Crippen molar-refractivity contribution < 1.29 is 37.3 Å². The Balaban J connectivity index is 2.20. The third kappa shape index (κ3) is 3.88. The van der Waals surface area contributed by atoms with Crippen LogP contribution in [0.4, 0.5) is 5.69 Å². The molecule has 10 nitrogen and oxygen atoms in total. The number of allylic oxidation sites excluding steroid dienone is 1. The van der Waals surface area contributed by atoms with Crippen molar-refractivity contribution in [2.24, 2.45) is 0 Å². The van der Waals surface area contributed by atoms with E-state index in [-0.39, 0.29) is 39.4 Å². The number of cyclic esters (lactones) is 1. The summed E-state index contributed by atoms with van der Waals surface area (Å²) in [5, 5.41) is 18.9. The molecule has 0 spiro atoms. The van der Waals surface area contributed by atoms with Gasteiger partial charge in [0.05, 0.1) is 25.5 Å². The summed E-state index contributed by atoms with van der Waals surface area (Å²) in [5.74, 6) is -1.87. The Morgan fingerprint density at radius 3 is 2.52 bits per heavy atom. The Kier molecular flexibility index (Phi) is 5.85. The molecule has 2 aromatic carbocycles. The minimum Gasteiger partial charge on any atom is -0.493 e. The van der Waals surface area contributed by atoms with Gasteiger partial charge in [0, 0.05) is 11.1 Å². The molecular formula is C20H16N2O8S. The zero-order valence-corrected chi connectivity index (χ0v) is 17.1. The summed E-state index contributed by atoms with van der Waals surface area (Å²) in [4.78, 5) is 23.0. The number of rotatable bonds is 6. The van der Waals surface area contributed by atoms with Gasteiger partial charge in [-0.1, -0.05) is 12.1 Å². The Labute approximate surface area is 177 Å². The number of carboxylic acid groups (broad SMARTS) is 1. The zero-order chi connectivity index (χ0) is 22.8. The first kappa shape index (κ1) is 21.7. The molecule has 0 aliphatic carbocycles. The SMILES string of the molecule is COc1ccc2c(c1OC)C(=O)OC/C2=C(/C#N)S(=O)(=O)Nc1ccccc1C(=O)O. The molecule has 0 saturated heterocycles. The van der Waals surface area contributed by atoms with E-state index < -0.39 is 33.5 Å². The molecule has 0 bridgehead atoms. The molecule has 2 N–H and O–H groups in total. The highest BCUT2D eigenvalue weighted by atomic mass is 32.2. The van der Waals surface area contributed by atoms with E-state index in [1.165, 1.54) is 50.6 Å². The minimum absolute atomic E-state index is 0.0288. The lowest BCUT2D eigenvalue weighted by atomic mass is 9.96. The molecule has 11 heteroatoms. The third-order valence-corrected chi connectivity index (χ3v) is 5.83. The number of carbonyl (C=O) groups is 2. The second-order valence-corrected chi connectivity index (χ2v) is 7.79. The first-order chi connectivity index (χ1) is 14.7. The molecule has 0 fully saturated rings. The van der Waals surface area contributed by atoms with Crippen LogP contribution >= 0.6 is 0 Å². The number of carbonyl (C=O) groups excluding carboxylic acids is 1. The number of aromatic carboxylic acids is 1. The van der Waals surface area contributed by atoms with Crippen LogP contribution in [0.15, 0.2) is 41.3 Å². The summed E-state index contributed by atoms with van der Waals surface area (Å²) in [7, 11) is -1.87. The van der Waals surface area contributed by atoms with Gasteiger partial charge in [0.15, 0.2) is 16.4 Å². The number of para-hydroxylation sites is 1. The largest absolute Gasteiger partial charge is 0.493 e. The molecule has 0 amide bonds. The van der Waals surface area contributed by atoms with E-state index in [9.17, 15) is 28.4 Å². The van der Waals surface area contributed by atoms with E-state index in [2.05, 4.69) is 4.72 Å². The second kappa shape index (κ2) is 8.37. The first-order valence-electron chi connectivity index (χ1n) is 8.66. The molecule has 1 aliphatic rings. The number of methoxy groups -OCH3 is 2. The number of carboxylic acids is 1. The number of nitriles is 1. The van der Waals surface area contributed by atoms with Crippen LogP contribution in [0.2, 0.25) is 0 Å². The molecule has 160 valence electrons. The van der Waals surface area contributed by atoms with Crippen molar-refractivity contribution in [2.75, 3.05) is 25.5 Å². The molecule has 1 heterocycles. The summed E-state index contributed by atoms with van der Waals surface area (Å²) in [6.45, 7) is -0.480. The highest BCUT2D eigenvalue weighted by Gasteiger charge is 2.34. The quantitative estimate of drug-likeness (QED) is 0.504. The van der Waals surface area contributed by atoms with E-state index in [0.717, 1.165) is 0 Å². The molecule has 1 aliphatic heterocycles. The second-order valence-electron chi connectivity index (χ2n) is 6.18. The maximum absolute atomic E-state index is 13.0. The van der Waals surface area contributed by atoms with Crippen LogP contribution in [-0.2, 0) is 14.8 Å². The van der Waals surface area contributed by atoms with Gasteiger partial charge in [0.2, 0.25) is 0 Å². The molecule has 0 aromatic heterocycles. The number of anilines is 1. The number of esters is 1. The van der Waals surface area contributed by atoms with Gasteiger partial charge >= 0.3 is 11.9 Å². The summed E-state index contributed by atoms with van der Waals surface area (Å²) in [6, 6.07) is 9.85. The molecule has 2 aromatic rings. The first-order valence-corrected chi connectivity index (χ1v) is 10.1. The van der Waals surface area contributed by atoms with Crippen molar-refractivity contribution in [3.63, 3.8) is 0 Å². The Hall–Kier alpha value is -4.04. The number of hydrogen-bond donors (Lipinski definition) is 2. The van der Waals surface area contributed by atoms with Crippen molar-refractivity contribution in [3.05, 3.63) is 58.0 Å². The zero-order valence-electron chi connectivity index (χ0n) is 16.3. The summed E-state index contributed by atoms with van der Waals surface area (Å²) >= 11 is 0. The number of nitrogens with one attached hydrogen (secondary N) is 1. The lowest BCUT2D eigenvalue weighted by Crippen LogP contribution is -2.23. The van der Waals surface area contributed by atoms with Gasteiger partial charge < -0.3 is 19.3 Å². The van der Waals surface area contributed by atoms with Crippen molar-refractivity contribution in [3.8, 4) is 17.6 Å².